The van der Waals surface area contributed by atoms with Gasteiger partial charge in [0.25, 0.3) is 0 Å². The van der Waals surface area contributed by atoms with Gasteiger partial charge in [-0.3, -0.25) is 9.80 Å². The minimum atomic E-state index is -0.605. The molecule has 3 rings (SSSR count). The number of hydrogen-bond donors (Lipinski definition) is 2. The Balaban J connectivity index is 1.81. The largest absolute Gasteiger partial charge is 0.390 e. The molecule has 2 atom stereocenters. The van der Waals surface area contributed by atoms with Gasteiger partial charge in [-0.05, 0) is 11.1 Å². The summed E-state index contributed by atoms with van der Waals surface area (Å²) in [5.41, 5.74) is 2.35. The third-order valence-corrected chi connectivity index (χ3v) is 4.94. The molecular formula is C22H28N2O2. The lowest BCUT2D eigenvalue weighted by atomic mass is 9.95. The molecule has 2 aromatic carbocycles. The quantitative estimate of drug-likeness (QED) is 0.751. The van der Waals surface area contributed by atoms with Gasteiger partial charge in [0.15, 0.2) is 0 Å². The van der Waals surface area contributed by atoms with Crippen LogP contribution in [0.15, 0.2) is 73.3 Å². The molecule has 1 aliphatic rings. The smallest absolute Gasteiger partial charge is 0.0848 e. The number of benzene rings is 2. The highest BCUT2D eigenvalue weighted by molar-refractivity contribution is 5.18. The van der Waals surface area contributed by atoms with Gasteiger partial charge in [-0.2, -0.15) is 0 Å². The van der Waals surface area contributed by atoms with Crippen LogP contribution in [0.1, 0.15) is 11.1 Å². The number of piperidine rings is 1. The molecule has 0 amide bonds. The van der Waals surface area contributed by atoms with E-state index in [4.69, 9.17) is 0 Å². The Labute approximate surface area is 156 Å². The Hall–Kier alpha value is -1.98. The molecule has 138 valence electrons. The maximum Gasteiger partial charge on any atom is 0.0848 e. The van der Waals surface area contributed by atoms with Gasteiger partial charge in [0.2, 0.25) is 0 Å². The van der Waals surface area contributed by atoms with Crippen molar-refractivity contribution in [1.29, 1.82) is 0 Å². The molecule has 0 spiro atoms. The Bertz CT molecular complexity index is 624. The van der Waals surface area contributed by atoms with Gasteiger partial charge in [0.1, 0.15) is 0 Å². The molecular weight excluding hydrogens is 324 g/mol. The monoisotopic (exact) mass is 352 g/mol. The first-order chi connectivity index (χ1) is 12.7. The summed E-state index contributed by atoms with van der Waals surface area (Å²) >= 11 is 0. The van der Waals surface area contributed by atoms with Crippen LogP contribution < -0.4 is 0 Å². The van der Waals surface area contributed by atoms with E-state index in [1.54, 1.807) is 0 Å². The van der Waals surface area contributed by atoms with Crippen molar-refractivity contribution < 1.29 is 10.2 Å². The number of likely N-dealkylation sites (tertiary alicyclic amines) is 1. The summed E-state index contributed by atoms with van der Waals surface area (Å²) in [6, 6.07) is 20.2. The molecule has 1 aliphatic heterocycles. The van der Waals surface area contributed by atoms with E-state index in [-0.39, 0.29) is 6.04 Å². The molecule has 0 unspecified atom stereocenters. The van der Waals surface area contributed by atoms with E-state index in [1.165, 1.54) is 11.1 Å². The van der Waals surface area contributed by atoms with Crippen molar-refractivity contribution >= 4 is 0 Å². The number of hydrogen-bond acceptors (Lipinski definition) is 4. The fourth-order valence-corrected chi connectivity index (χ4v) is 3.80. The van der Waals surface area contributed by atoms with E-state index in [9.17, 15) is 10.2 Å². The van der Waals surface area contributed by atoms with Crippen LogP contribution in [0.2, 0.25) is 0 Å². The molecule has 26 heavy (non-hydrogen) atoms. The molecule has 0 aromatic heterocycles. The minimum absolute atomic E-state index is 0.295. The Kier molecular flexibility index (Phi) is 6.58. The van der Waals surface area contributed by atoms with E-state index in [0.717, 1.165) is 0 Å². The van der Waals surface area contributed by atoms with Crippen molar-refractivity contribution in [3.05, 3.63) is 84.4 Å². The zero-order chi connectivity index (χ0) is 18.4. The number of nitrogens with zero attached hydrogens (tertiary/aromatic N) is 2. The summed E-state index contributed by atoms with van der Waals surface area (Å²) in [6.45, 7) is 6.91. The molecule has 2 N–H and O–H groups in total. The molecule has 4 heteroatoms. The summed E-state index contributed by atoms with van der Waals surface area (Å²) < 4.78 is 0. The van der Waals surface area contributed by atoms with E-state index in [0.29, 0.717) is 32.7 Å². The number of β-amino-alcohol motifs (C(OH)–C–C–N with tert-alkyl or cyclic N) is 2. The molecule has 1 heterocycles. The zero-order valence-electron chi connectivity index (χ0n) is 15.1. The normalized spacial score (nSPS) is 21.8. The van der Waals surface area contributed by atoms with E-state index in [1.807, 2.05) is 47.4 Å². The highest BCUT2D eigenvalue weighted by atomic mass is 16.3. The second-order valence-electron chi connectivity index (χ2n) is 7.01. The summed E-state index contributed by atoms with van der Waals surface area (Å²) in [5.74, 6) is 0. The first-order valence-corrected chi connectivity index (χ1v) is 9.18. The number of rotatable bonds is 7. The molecule has 1 fully saturated rings. The molecule has 0 aliphatic carbocycles. The maximum atomic E-state index is 10.8. The van der Waals surface area contributed by atoms with Crippen LogP contribution in [0.25, 0.3) is 0 Å². The van der Waals surface area contributed by atoms with Crippen LogP contribution in [0.5, 0.6) is 0 Å². The fraction of sp³-hybridized carbons (Fsp3) is 0.364. The Morgan fingerprint density at radius 3 is 1.77 bits per heavy atom. The zero-order valence-corrected chi connectivity index (χ0v) is 15.1. The van der Waals surface area contributed by atoms with Gasteiger partial charge in [-0.15, -0.1) is 6.58 Å². The van der Waals surface area contributed by atoms with Crippen LogP contribution in [-0.2, 0) is 13.1 Å². The molecule has 0 saturated carbocycles. The van der Waals surface area contributed by atoms with Crippen molar-refractivity contribution in [2.45, 2.75) is 31.3 Å². The Morgan fingerprint density at radius 2 is 1.35 bits per heavy atom. The minimum Gasteiger partial charge on any atom is -0.390 e. The summed E-state index contributed by atoms with van der Waals surface area (Å²) in [7, 11) is 0. The van der Waals surface area contributed by atoms with Crippen LogP contribution in [0.4, 0.5) is 0 Å². The fourth-order valence-electron chi connectivity index (χ4n) is 3.80. The molecule has 0 bridgehead atoms. The lowest BCUT2D eigenvalue weighted by Crippen LogP contribution is -2.61. The molecule has 0 radical (unpaired) electrons. The van der Waals surface area contributed by atoms with Crippen LogP contribution in [-0.4, -0.2) is 57.9 Å². The van der Waals surface area contributed by atoms with Gasteiger partial charge >= 0.3 is 0 Å². The maximum absolute atomic E-state index is 10.8. The van der Waals surface area contributed by atoms with Gasteiger partial charge in [0.05, 0.1) is 18.2 Å². The lowest BCUT2D eigenvalue weighted by Gasteiger charge is -2.44. The highest BCUT2D eigenvalue weighted by Gasteiger charge is 2.38. The van der Waals surface area contributed by atoms with Crippen molar-refractivity contribution in [2.75, 3.05) is 19.6 Å². The van der Waals surface area contributed by atoms with Gasteiger partial charge in [-0.1, -0.05) is 66.7 Å². The first-order valence-electron chi connectivity index (χ1n) is 9.18. The summed E-state index contributed by atoms with van der Waals surface area (Å²) in [5, 5.41) is 21.6. The summed E-state index contributed by atoms with van der Waals surface area (Å²) in [4.78, 5) is 4.24. The standard InChI is InChI=1S/C22H28N2O2/c1-2-13-23-16-20(25)22(21(26)17-23)24(14-18-9-5-3-6-10-18)15-19-11-7-4-8-12-19/h2-12,20-22,25-26H,1,13-17H2/t20-,21-/m0/s1. The van der Waals surface area contributed by atoms with Crippen molar-refractivity contribution in [1.82, 2.24) is 9.80 Å². The van der Waals surface area contributed by atoms with E-state index < -0.39 is 12.2 Å². The second kappa shape index (κ2) is 9.10. The van der Waals surface area contributed by atoms with Crippen LogP contribution in [0.3, 0.4) is 0 Å². The number of aliphatic hydroxyl groups excluding tert-OH is 2. The first kappa shape index (κ1) is 18.8. The highest BCUT2D eigenvalue weighted by Crippen LogP contribution is 2.22. The van der Waals surface area contributed by atoms with Gasteiger partial charge in [0, 0.05) is 32.7 Å². The average molecular weight is 352 g/mol. The third kappa shape index (κ3) is 4.80. The third-order valence-electron chi connectivity index (χ3n) is 4.94. The second-order valence-corrected chi connectivity index (χ2v) is 7.01. The van der Waals surface area contributed by atoms with Gasteiger partial charge < -0.3 is 10.2 Å². The van der Waals surface area contributed by atoms with E-state index >= 15 is 0 Å². The summed E-state index contributed by atoms with van der Waals surface area (Å²) in [6.07, 6.45) is 0.600. The average Bonchev–Trinajstić information content (AvgIpc) is 2.63. The van der Waals surface area contributed by atoms with E-state index in [2.05, 4.69) is 35.7 Å². The number of aliphatic hydroxyl groups is 2. The molecule has 2 aromatic rings. The van der Waals surface area contributed by atoms with Crippen molar-refractivity contribution in [3.8, 4) is 0 Å². The molecule has 1 saturated heterocycles. The topological polar surface area (TPSA) is 46.9 Å². The van der Waals surface area contributed by atoms with Crippen molar-refractivity contribution in [2.24, 2.45) is 0 Å². The predicted molar refractivity (Wildman–Crippen MR) is 105 cm³/mol. The van der Waals surface area contributed by atoms with Crippen LogP contribution >= 0.6 is 0 Å². The lowest BCUT2D eigenvalue weighted by molar-refractivity contribution is -0.0873. The SMILES string of the molecule is C=CCN1C[C@H](O)C(N(Cc2ccccc2)Cc2ccccc2)[C@@H](O)C1. The Morgan fingerprint density at radius 1 is 0.885 bits per heavy atom. The van der Waals surface area contributed by atoms with Crippen LogP contribution in [0, 0.1) is 0 Å². The molecule has 4 nitrogen and oxygen atoms in total. The predicted octanol–water partition coefficient (Wildman–Crippen LogP) is 2.28. The van der Waals surface area contributed by atoms with Gasteiger partial charge in [-0.25, -0.2) is 0 Å². The van der Waals surface area contributed by atoms with Crippen molar-refractivity contribution in [3.63, 3.8) is 0 Å².